The number of H-pyrrole nitrogens is 1. The van der Waals surface area contributed by atoms with Crippen molar-refractivity contribution in [2.24, 2.45) is 0 Å². The predicted molar refractivity (Wildman–Crippen MR) is 61.7 cm³/mol. The van der Waals surface area contributed by atoms with E-state index in [0.29, 0.717) is 5.69 Å². The molecule has 17 heavy (non-hydrogen) atoms. The van der Waals surface area contributed by atoms with E-state index >= 15 is 0 Å². The smallest absolute Gasteiger partial charge is 0.360 e. The molecular formula is C11H11N3O3. The van der Waals surface area contributed by atoms with Gasteiger partial charge in [0.25, 0.3) is 0 Å². The molecule has 0 fully saturated rings. The Labute approximate surface area is 96.5 Å². The Kier molecular flexibility index (Phi) is 2.78. The summed E-state index contributed by atoms with van der Waals surface area (Å²) >= 11 is 0. The molecule has 1 heterocycles. The summed E-state index contributed by atoms with van der Waals surface area (Å²) in [7, 11) is 1.33. The van der Waals surface area contributed by atoms with Crippen molar-refractivity contribution in [3.05, 3.63) is 50.8 Å². The van der Waals surface area contributed by atoms with Crippen molar-refractivity contribution in [1.29, 1.82) is 0 Å². The van der Waals surface area contributed by atoms with Crippen LogP contribution in [-0.4, -0.2) is 21.6 Å². The highest BCUT2D eigenvalue weighted by atomic mass is 16.5. The van der Waals surface area contributed by atoms with Gasteiger partial charge in [0.05, 0.1) is 12.8 Å². The van der Waals surface area contributed by atoms with E-state index in [4.69, 9.17) is 4.74 Å². The number of hydrogen-bond acceptors (Lipinski definition) is 4. The maximum atomic E-state index is 11.7. The van der Waals surface area contributed by atoms with E-state index in [1.807, 2.05) is 19.1 Å². The van der Waals surface area contributed by atoms with Gasteiger partial charge < -0.3 is 4.74 Å². The van der Waals surface area contributed by atoms with Crippen LogP contribution in [0, 0.1) is 6.92 Å². The van der Waals surface area contributed by atoms with Crippen LogP contribution in [0.4, 0.5) is 0 Å². The fourth-order valence-electron chi connectivity index (χ4n) is 1.42. The lowest BCUT2D eigenvalue weighted by atomic mass is 10.2. The number of nitrogens with zero attached hydrogens (tertiary/aromatic N) is 2. The second kappa shape index (κ2) is 4.25. The maximum Gasteiger partial charge on any atom is 0.360 e. The summed E-state index contributed by atoms with van der Waals surface area (Å²) < 4.78 is 5.65. The summed E-state index contributed by atoms with van der Waals surface area (Å²) in [6, 6.07) is 6.89. The molecular weight excluding hydrogens is 222 g/mol. The van der Waals surface area contributed by atoms with Crippen LogP contribution in [0.15, 0.2) is 33.9 Å². The van der Waals surface area contributed by atoms with Crippen molar-refractivity contribution in [1.82, 2.24) is 14.5 Å². The molecule has 6 heteroatoms. The molecule has 2 rings (SSSR count). The van der Waals surface area contributed by atoms with Crippen LogP contribution in [-0.2, 0) is 0 Å². The monoisotopic (exact) mass is 233 g/mol. The third kappa shape index (κ3) is 2.10. The quantitative estimate of drug-likeness (QED) is 0.806. The molecule has 0 bridgehead atoms. The second-order valence-electron chi connectivity index (χ2n) is 3.50. The Bertz CT molecular complexity index is 609. The molecule has 0 aliphatic rings. The lowest BCUT2D eigenvalue weighted by molar-refractivity contribution is 0.372. The number of rotatable bonds is 2. The van der Waals surface area contributed by atoms with Gasteiger partial charge in [-0.2, -0.15) is 0 Å². The molecule has 0 aliphatic carbocycles. The van der Waals surface area contributed by atoms with Crippen molar-refractivity contribution < 1.29 is 4.74 Å². The Balaban J connectivity index is 2.64. The molecule has 0 saturated heterocycles. The molecule has 0 radical (unpaired) electrons. The van der Waals surface area contributed by atoms with E-state index in [0.717, 1.165) is 10.1 Å². The van der Waals surface area contributed by atoms with E-state index in [-0.39, 0.29) is 6.01 Å². The number of aromatic amines is 1. The second-order valence-corrected chi connectivity index (χ2v) is 3.50. The highest BCUT2D eigenvalue weighted by Crippen LogP contribution is 2.04. The number of benzene rings is 1. The van der Waals surface area contributed by atoms with Gasteiger partial charge in [0.15, 0.2) is 0 Å². The molecule has 1 N–H and O–H groups in total. The summed E-state index contributed by atoms with van der Waals surface area (Å²) in [6.45, 7) is 1.92. The molecule has 1 aromatic carbocycles. The summed E-state index contributed by atoms with van der Waals surface area (Å²) in [4.78, 5) is 29.3. The molecule has 2 aromatic rings. The fraction of sp³-hybridized carbons (Fsp3) is 0.182. The van der Waals surface area contributed by atoms with Gasteiger partial charge in [0, 0.05) is 0 Å². The molecule has 0 spiro atoms. The minimum absolute atomic E-state index is 0.0941. The van der Waals surface area contributed by atoms with Crippen molar-refractivity contribution in [3.8, 4) is 11.7 Å². The normalized spacial score (nSPS) is 10.2. The zero-order valence-corrected chi connectivity index (χ0v) is 9.43. The highest BCUT2D eigenvalue weighted by molar-refractivity contribution is 5.33. The minimum Gasteiger partial charge on any atom is -0.468 e. The molecule has 0 unspecified atom stereocenters. The van der Waals surface area contributed by atoms with E-state index in [1.165, 1.54) is 7.11 Å². The molecule has 0 atom stereocenters. The number of aryl methyl sites for hydroxylation is 1. The van der Waals surface area contributed by atoms with Gasteiger partial charge in [-0.1, -0.05) is 17.7 Å². The van der Waals surface area contributed by atoms with Gasteiger partial charge in [0.2, 0.25) is 0 Å². The molecule has 0 amide bonds. The van der Waals surface area contributed by atoms with Crippen LogP contribution in [0.3, 0.4) is 0 Å². The Hall–Kier alpha value is -2.37. The van der Waals surface area contributed by atoms with Gasteiger partial charge in [0.1, 0.15) is 0 Å². The van der Waals surface area contributed by atoms with Crippen LogP contribution in [0.1, 0.15) is 5.56 Å². The molecule has 0 aliphatic heterocycles. The van der Waals surface area contributed by atoms with E-state index in [2.05, 4.69) is 9.97 Å². The third-order valence-corrected chi connectivity index (χ3v) is 2.29. The molecule has 6 nitrogen and oxygen atoms in total. The van der Waals surface area contributed by atoms with Gasteiger partial charge in [-0.3, -0.25) is 4.98 Å². The number of nitrogens with one attached hydrogen (secondary N) is 1. The van der Waals surface area contributed by atoms with Gasteiger partial charge in [-0.05, 0) is 19.1 Å². The topological polar surface area (TPSA) is 77.0 Å². The Morgan fingerprint density at radius 3 is 2.41 bits per heavy atom. The predicted octanol–water partition coefficient (Wildman–Crippen LogP) is 0.238. The SMILES string of the molecule is COc1nc(=O)n(-c2ccc(C)cc2)c(=O)[nH]1. The maximum absolute atomic E-state index is 11.7. The minimum atomic E-state index is -0.672. The standard InChI is InChI=1S/C11H11N3O3/c1-7-3-5-8(6-4-7)14-10(15)12-9(17-2)13-11(14)16/h3-6H,1-2H3,(H,12,13,15,16). The number of methoxy groups -OCH3 is 1. The first-order chi connectivity index (χ1) is 8.11. The number of ether oxygens (including phenoxy) is 1. The van der Waals surface area contributed by atoms with Gasteiger partial charge in [-0.15, -0.1) is 4.98 Å². The lowest BCUT2D eigenvalue weighted by Gasteiger charge is -2.04. The van der Waals surface area contributed by atoms with Crippen LogP contribution < -0.4 is 16.1 Å². The number of hydrogen-bond donors (Lipinski definition) is 1. The Morgan fingerprint density at radius 1 is 1.24 bits per heavy atom. The largest absolute Gasteiger partial charge is 0.468 e. The molecule has 1 aromatic heterocycles. The molecule has 0 saturated carbocycles. The van der Waals surface area contributed by atoms with Crippen LogP contribution >= 0.6 is 0 Å². The number of aromatic nitrogens is 3. The zero-order chi connectivity index (χ0) is 12.4. The Morgan fingerprint density at radius 2 is 1.88 bits per heavy atom. The third-order valence-electron chi connectivity index (χ3n) is 2.29. The van der Waals surface area contributed by atoms with Crippen LogP contribution in [0.25, 0.3) is 5.69 Å². The van der Waals surface area contributed by atoms with Gasteiger partial charge in [-0.25, -0.2) is 14.2 Å². The van der Waals surface area contributed by atoms with Crippen molar-refractivity contribution in [2.75, 3.05) is 7.11 Å². The van der Waals surface area contributed by atoms with Gasteiger partial charge >= 0.3 is 17.4 Å². The first-order valence-corrected chi connectivity index (χ1v) is 4.96. The summed E-state index contributed by atoms with van der Waals surface area (Å²) in [5, 5.41) is 0. The van der Waals surface area contributed by atoms with E-state index in [9.17, 15) is 9.59 Å². The fourth-order valence-corrected chi connectivity index (χ4v) is 1.42. The average Bonchev–Trinajstić information content (AvgIpc) is 2.30. The molecule has 88 valence electrons. The van der Waals surface area contributed by atoms with Crippen LogP contribution in [0.2, 0.25) is 0 Å². The van der Waals surface area contributed by atoms with Crippen molar-refractivity contribution in [3.63, 3.8) is 0 Å². The van der Waals surface area contributed by atoms with E-state index in [1.54, 1.807) is 12.1 Å². The highest BCUT2D eigenvalue weighted by Gasteiger charge is 2.07. The first kappa shape index (κ1) is 11.1. The van der Waals surface area contributed by atoms with Crippen molar-refractivity contribution in [2.45, 2.75) is 6.92 Å². The lowest BCUT2D eigenvalue weighted by Crippen LogP contribution is -2.35. The summed E-state index contributed by atoms with van der Waals surface area (Å²) in [5.74, 6) is 0. The first-order valence-electron chi connectivity index (χ1n) is 4.96. The average molecular weight is 233 g/mol. The summed E-state index contributed by atoms with van der Waals surface area (Å²) in [5.41, 5.74) is 0.261. The van der Waals surface area contributed by atoms with Crippen LogP contribution in [0.5, 0.6) is 6.01 Å². The van der Waals surface area contributed by atoms with Crippen molar-refractivity contribution >= 4 is 0 Å². The zero-order valence-electron chi connectivity index (χ0n) is 9.43. The summed E-state index contributed by atoms with van der Waals surface area (Å²) in [6.07, 6.45) is 0. The van der Waals surface area contributed by atoms with E-state index < -0.39 is 11.4 Å².